The molecule has 7 heteroatoms. The molecular weight excluding hydrogens is 303 g/mol. The van der Waals surface area contributed by atoms with Gasteiger partial charge in [0.25, 0.3) is 0 Å². The molecule has 0 fully saturated rings. The summed E-state index contributed by atoms with van der Waals surface area (Å²) < 4.78 is 0. The summed E-state index contributed by atoms with van der Waals surface area (Å²) in [4.78, 5) is 8.35. The molecule has 0 unspecified atom stereocenters. The molecule has 1 aromatic heterocycles. The van der Waals surface area contributed by atoms with Crippen molar-refractivity contribution >= 4 is 46.5 Å². The standard InChI is InChI=1S/C12H12Cl2N4S/c1-19-12-17-6-7(11(15)18-12)5-16-10-8(13)3-2-4-9(10)14/h2-4,6,16H,5H2,1H3,(H2,15,17,18). The predicted molar refractivity (Wildman–Crippen MR) is 82.0 cm³/mol. The van der Waals surface area contributed by atoms with Gasteiger partial charge < -0.3 is 11.1 Å². The number of thioether (sulfide) groups is 1. The van der Waals surface area contributed by atoms with Crippen LogP contribution in [0.2, 0.25) is 10.0 Å². The first kappa shape index (κ1) is 14.2. The van der Waals surface area contributed by atoms with Gasteiger partial charge in [0.1, 0.15) is 5.82 Å². The number of rotatable bonds is 4. The molecule has 100 valence electrons. The number of nitrogens with zero attached hydrogens (tertiary/aromatic N) is 2. The minimum atomic E-state index is 0.454. The largest absolute Gasteiger partial charge is 0.383 e. The van der Waals surface area contributed by atoms with Gasteiger partial charge in [-0.2, -0.15) is 0 Å². The summed E-state index contributed by atoms with van der Waals surface area (Å²) in [5.41, 5.74) is 7.35. The van der Waals surface area contributed by atoms with Crippen LogP contribution in [0.3, 0.4) is 0 Å². The lowest BCUT2D eigenvalue weighted by atomic mass is 10.2. The third-order valence-corrected chi connectivity index (χ3v) is 3.67. The number of anilines is 2. The van der Waals surface area contributed by atoms with Crippen molar-refractivity contribution in [2.24, 2.45) is 0 Å². The quantitative estimate of drug-likeness (QED) is 0.665. The Bertz CT molecular complexity index is 572. The molecule has 0 atom stereocenters. The van der Waals surface area contributed by atoms with Gasteiger partial charge in [-0.05, 0) is 18.4 Å². The third kappa shape index (κ3) is 3.43. The van der Waals surface area contributed by atoms with E-state index in [-0.39, 0.29) is 0 Å². The van der Waals surface area contributed by atoms with Crippen molar-refractivity contribution in [2.75, 3.05) is 17.3 Å². The Labute approximate surface area is 125 Å². The highest BCUT2D eigenvalue weighted by atomic mass is 35.5. The van der Waals surface area contributed by atoms with E-state index < -0.39 is 0 Å². The van der Waals surface area contributed by atoms with Gasteiger partial charge in [0.05, 0.1) is 15.7 Å². The highest BCUT2D eigenvalue weighted by Gasteiger charge is 2.07. The summed E-state index contributed by atoms with van der Waals surface area (Å²) in [7, 11) is 0. The minimum Gasteiger partial charge on any atom is -0.383 e. The molecule has 1 aromatic carbocycles. The SMILES string of the molecule is CSc1ncc(CNc2c(Cl)cccc2Cl)c(N)n1. The van der Waals surface area contributed by atoms with Gasteiger partial charge in [0.15, 0.2) is 5.16 Å². The zero-order chi connectivity index (χ0) is 13.8. The molecule has 0 saturated heterocycles. The number of benzene rings is 1. The van der Waals surface area contributed by atoms with Crippen LogP contribution < -0.4 is 11.1 Å². The van der Waals surface area contributed by atoms with Crippen LogP contribution in [0.25, 0.3) is 0 Å². The predicted octanol–water partition coefficient (Wildman–Crippen LogP) is 3.70. The van der Waals surface area contributed by atoms with Crippen LogP contribution in [-0.2, 0) is 6.54 Å². The van der Waals surface area contributed by atoms with Crippen molar-refractivity contribution in [3.05, 3.63) is 40.0 Å². The highest BCUT2D eigenvalue weighted by molar-refractivity contribution is 7.98. The van der Waals surface area contributed by atoms with Gasteiger partial charge in [-0.25, -0.2) is 9.97 Å². The molecule has 0 aliphatic heterocycles. The number of hydrogen-bond acceptors (Lipinski definition) is 5. The van der Waals surface area contributed by atoms with E-state index in [4.69, 9.17) is 28.9 Å². The summed E-state index contributed by atoms with van der Waals surface area (Å²) in [5, 5.41) is 4.92. The van der Waals surface area contributed by atoms with Crippen LogP contribution in [0.4, 0.5) is 11.5 Å². The van der Waals surface area contributed by atoms with Crippen LogP contribution in [0, 0.1) is 0 Å². The van der Waals surface area contributed by atoms with E-state index in [0.29, 0.717) is 33.3 Å². The Balaban J connectivity index is 2.15. The van der Waals surface area contributed by atoms with E-state index in [0.717, 1.165) is 5.56 Å². The fourth-order valence-corrected chi connectivity index (χ4v) is 2.37. The fraction of sp³-hybridized carbons (Fsp3) is 0.167. The molecule has 0 aliphatic rings. The van der Waals surface area contributed by atoms with E-state index in [1.807, 2.05) is 6.26 Å². The third-order valence-electron chi connectivity index (χ3n) is 2.48. The number of aromatic nitrogens is 2. The first-order valence-corrected chi connectivity index (χ1v) is 7.43. The molecule has 0 radical (unpaired) electrons. The fourth-order valence-electron chi connectivity index (χ4n) is 1.49. The molecular formula is C12H12Cl2N4S. The maximum absolute atomic E-state index is 6.07. The number of nitrogens with one attached hydrogen (secondary N) is 1. The molecule has 3 N–H and O–H groups in total. The molecule has 0 spiro atoms. The van der Waals surface area contributed by atoms with Crippen molar-refractivity contribution in [2.45, 2.75) is 11.7 Å². The van der Waals surface area contributed by atoms with Gasteiger partial charge in [0, 0.05) is 18.3 Å². The summed E-state index contributed by atoms with van der Waals surface area (Å²) in [6, 6.07) is 5.33. The second-order valence-electron chi connectivity index (χ2n) is 3.72. The van der Waals surface area contributed by atoms with Gasteiger partial charge in [-0.1, -0.05) is 41.0 Å². The summed E-state index contributed by atoms with van der Waals surface area (Å²) >= 11 is 13.6. The normalized spacial score (nSPS) is 10.5. The molecule has 0 amide bonds. The molecule has 0 saturated carbocycles. The lowest BCUT2D eigenvalue weighted by Gasteiger charge is -2.11. The summed E-state index contributed by atoms with van der Waals surface area (Å²) in [6.45, 7) is 0.462. The van der Waals surface area contributed by atoms with Crippen LogP contribution >= 0.6 is 35.0 Å². The smallest absolute Gasteiger partial charge is 0.189 e. The number of nitrogen functional groups attached to an aromatic ring is 1. The van der Waals surface area contributed by atoms with Crippen LogP contribution in [0.15, 0.2) is 29.6 Å². The van der Waals surface area contributed by atoms with Crippen LogP contribution in [0.1, 0.15) is 5.56 Å². The maximum Gasteiger partial charge on any atom is 0.189 e. The number of hydrogen-bond donors (Lipinski definition) is 2. The summed E-state index contributed by atoms with van der Waals surface area (Å²) in [5.74, 6) is 0.454. The second kappa shape index (κ2) is 6.32. The van der Waals surface area contributed by atoms with Crippen molar-refractivity contribution in [1.82, 2.24) is 9.97 Å². The van der Waals surface area contributed by atoms with Crippen molar-refractivity contribution in [3.63, 3.8) is 0 Å². The molecule has 2 aromatic rings. The zero-order valence-electron chi connectivity index (χ0n) is 10.2. The average molecular weight is 315 g/mol. The van der Waals surface area contributed by atoms with E-state index in [1.54, 1.807) is 24.4 Å². The van der Waals surface area contributed by atoms with Gasteiger partial charge in [-0.3, -0.25) is 0 Å². The average Bonchev–Trinajstić information content (AvgIpc) is 2.39. The number of halogens is 2. The number of para-hydroxylation sites is 1. The molecule has 2 rings (SSSR count). The minimum absolute atomic E-state index is 0.454. The van der Waals surface area contributed by atoms with Gasteiger partial charge in [0.2, 0.25) is 0 Å². The lowest BCUT2D eigenvalue weighted by Crippen LogP contribution is -2.06. The Kier molecular flexibility index (Phi) is 4.74. The van der Waals surface area contributed by atoms with Crippen LogP contribution in [-0.4, -0.2) is 16.2 Å². The van der Waals surface area contributed by atoms with E-state index in [2.05, 4.69) is 15.3 Å². The monoisotopic (exact) mass is 314 g/mol. The Morgan fingerprint density at radius 1 is 1.32 bits per heavy atom. The zero-order valence-corrected chi connectivity index (χ0v) is 12.5. The molecule has 0 bridgehead atoms. The highest BCUT2D eigenvalue weighted by Crippen LogP contribution is 2.30. The van der Waals surface area contributed by atoms with Gasteiger partial charge in [-0.15, -0.1) is 0 Å². The van der Waals surface area contributed by atoms with Gasteiger partial charge >= 0.3 is 0 Å². The molecule has 1 heterocycles. The maximum atomic E-state index is 6.07. The van der Waals surface area contributed by atoms with Crippen molar-refractivity contribution in [1.29, 1.82) is 0 Å². The Morgan fingerprint density at radius 2 is 2.00 bits per heavy atom. The topological polar surface area (TPSA) is 63.8 Å². The lowest BCUT2D eigenvalue weighted by molar-refractivity contribution is 0.941. The Hall–Kier alpha value is -1.17. The summed E-state index contributed by atoms with van der Waals surface area (Å²) in [6.07, 6.45) is 3.60. The van der Waals surface area contributed by atoms with Crippen LogP contribution in [0.5, 0.6) is 0 Å². The second-order valence-corrected chi connectivity index (χ2v) is 5.31. The van der Waals surface area contributed by atoms with Crippen molar-refractivity contribution in [3.8, 4) is 0 Å². The van der Waals surface area contributed by atoms with E-state index in [1.165, 1.54) is 11.8 Å². The first-order valence-electron chi connectivity index (χ1n) is 5.45. The van der Waals surface area contributed by atoms with E-state index in [9.17, 15) is 0 Å². The molecule has 19 heavy (non-hydrogen) atoms. The molecule has 0 aliphatic carbocycles. The van der Waals surface area contributed by atoms with Crippen molar-refractivity contribution < 1.29 is 0 Å². The van der Waals surface area contributed by atoms with E-state index >= 15 is 0 Å². The number of nitrogens with two attached hydrogens (primary N) is 1. The Morgan fingerprint density at radius 3 is 2.58 bits per heavy atom. The first-order chi connectivity index (χ1) is 9.11. The molecule has 4 nitrogen and oxygen atoms in total.